The van der Waals surface area contributed by atoms with Crippen LogP contribution in [-0.2, 0) is 19.1 Å². The van der Waals surface area contributed by atoms with Crippen molar-refractivity contribution in [2.24, 2.45) is 0 Å². The number of carbonyl (C=O) groups excluding carboxylic acids is 2. The van der Waals surface area contributed by atoms with Crippen LogP contribution in [0.1, 0.15) is 0 Å². The minimum absolute atomic E-state index is 0.110. The standard InChI is InChI=1S/C10H8N2O4/c11-5-1-3-9(13)15-7-8-16-10(14)4-2-6-12/h1-4H,7-8H2. The zero-order valence-electron chi connectivity index (χ0n) is 8.25. The van der Waals surface area contributed by atoms with E-state index in [1.165, 1.54) is 0 Å². The first-order valence-electron chi connectivity index (χ1n) is 4.16. The van der Waals surface area contributed by atoms with Gasteiger partial charge in [0, 0.05) is 24.3 Å². The van der Waals surface area contributed by atoms with Gasteiger partial charge in [-0.3, -0.25) is 0 Å². The van der Waals surface area contributed by atoms with E-state index in [1.807, 2.05) is 0 Å². The summed E-state index contributed by atoms with van der Waals surface area (Å²) in [5.74, 6) is -1.38. The number of nitrogens with zero attached hydrogens (tertiary/aromatic N) is 2. The van der Waals surface area contributed by atoms with Crippen LogP contribution in [0.15, 0.2) is 24.3 Å². The molecule has 0 aromatic rings. The van der Waals surface area contributed by atoms with Crippen molar-refractivity contribution < 1.29 is 19.1 Å². The first-order valence-corrected chi connectivity index (χ1v) is 4.16. The summed E-state index contributed by atoms with van der Waals surface area (Å²) in [5.41, 5.74) is 0. The van der Waals surface area contributed by atoms with Crippen LogP contribution in [-0.4, -0.2) is 25.2 Å². The zero-order chi connectivity index (χ0) is 12.2. The molecule has 0 N–H and O–H groups in total. The summed E-state index contributed by atoms with van der Waals surface area (Å²) in [6.45, 7) is -0.221. The third-order valence-corrected chi connectivity index (χ3v) is 1.16. The molecule has 0 spiro atoms. The van der Waals surface area contributed by atoms with Crippen LogP contribution in [0, 0.1) is 22.7 Å². The van der Waals surface area contributed by atoms with Crippen LogP contribution < -0.4 is 0 Å². The molecule has 0 aliphatic rings. The lowest BCUT2D eigenvalue weighted by molar-refractivity contribution is -0.146. The molecule has 0 aliphatic heterocycles. The Kier molecular flexibility index (Phi) is 7.52. The number of rotatable bonds is 5. The van der Waals surface area contributed by atoms with Gasteiger partial charge < -0.3 is 9.47 Å². The van der Waals surface area contributed by atoms with Crippen molar-refractivity contribution in [3.63, 3.8) is 0 Å². The van der Waals surface area contributed by atoms with Crippen molar-refractivity contribution in [1.82, 2.24) is 0 Å². The molecule has 0 aromatic heterocycles. The molecule has 0 aliphatic carbocycles. The molecule has 0 aromatic carbocycles. The predicted octanol–water partition coefficient (Wildman–Crippen LogP) is 0.232. The van der Waals surface area contributed by atoms with E-state index in [1.54, 1.807) is 12.1 Å². The molecule has 0 bridgehead atoms. The molecule has 6 heteroatoms. The van der Waals surface area contributed by atoms with Crippen LogP contribution in [0.25, 0.3) is 0 Å². The molecule has 0 unspecified atom stereocenters. The van der Waals surface area contributed by atoms with Crippen molar-refractivity contribution in [3.05, 3.63) is 24.3 Å². The van der Waals surface area contributed by atoms with Gasteiger partial charge in [0.25, 0.3) is 0 Å². The fourth-order valence-electron chi connectivity index (χ4n) is 0.591. The van der Waals surface area contributed by atoms with Gasteiger partial charge in [-0.15, -0.1) is 0 Å². The van der Waals surface area contributed by atoms with Gasteiger partial charge >= 0.3 is 11.9 Å². The van der Waals surface area contributed by atoms with E-state index in [9.17, 15) is 9.59 Å². The highest BCUT2D eigenvalue weighted by Gasteiger charge is 1.99. The monoisotopic (exact) mass is 220 g/mol. The molecule has 0 saturated carbocycles. The number of allylic oxidation sites excluding steroid dienone is 2. The van der Waals surface area contributed by atoms with Gasteiger partial charge in [-0.05, 0) is 0 Å². The lowest BCUT2D eigenvalue weighted by Gasteiger charge is -2.01. The molecule has 0 saturated heterocycles. The normalized spacial score (nSPS) is 9.62. The van der Waals surface area contributed by atoms with Gasteiger partial charge in [-0.25, -0.2) is 9.59 Å². The van der Waals surface area contributed by atoms with Gasteiger partial charge in [-0.2, -0.15) is 10.5 Å². The SMILES string of the molecule is N#CC=CC(=O)OCCOC(=O)C=CC#N. The van der Waals surface area contributed by atoms with Gasteiger partial charge in [0.2, 0.25) is 0 Å². The Morgan fingerprint density at radius 1 is 0.938 bits per heavy atom. The molecule has 0 fully saturated rings. The van der Waals surface area contributed by atoms with E-state index in [0.29, 0.717) is 0 Å². The van der Waals surface area contributed by atoms with Crippen molar-refractivity contribution in [2.45, 2.75) is 0 Å². The molecule has 6 nitrogen and oxygen atoms in total. The summed E-state index contributed by atoms with van der Waals surface area (Å²) in [4.78, 5) is 21.5. The average Bonchev–Trinajstić information content (AvgIpc) is 2.29. The fourth-order valence-corrected chi connectivity index (χ4v) is 0.591. The number of ether oxygens (including phenoxy) is 2. The van der Waals surface area contributed by atoms with Crippen LogP contribution in [0.2, 0.25) is 0 Å². The van der Waals surface area contributed by atoms with E-state index in [0.717, 1.165) is 24.3 Å². The Morgan fingerprint density at radius 3 is 1.62 bits per heavy atom. The Bertz CT molecular complexity index is 347. The van der Waals surface area contributed by atoms with E-state index in [2.05, 4.69) is 9.47 Å². The molecule has 82 valence electrons. The lowest BCUT2D eigenvalue weighted by Crippen LogP contribution is -2.11. The molecule has 0 amide bonds. The first-order chi connectivity index (χ1) is 7.70. The maximum atomic E-state index is 10.8. The maximum Gasteiger partial charge on any atom is 0.331 e. The highest BCUT2D eigenvalue weighted by Crippen LogP contribution is 1.85. The number of hydrogen-bond donors (Lipinski definition) is 0. The van der Waals surface area contributed by atoms with Crippen LogP contribution in [0.3, 0.4) is 0 Å². The highest BCUT2D eigenvalue weighted by molar-refractivity contribution is 5.83. The summed E-state index contributed by atoms with van der Waals surface area (Å²) in [5, 5.41) is 16.2. The quantitative estimate of drug-likeness (QED) is 0.284. The second kappa shape index (κ2) is 8.97. The van der Waals surface area contributed by atoms with E-state index >= 15 is 0 Å². The van der Waals surface area contributed by atoms with Crippen molar-refractivity contribution in [1.29, 1.82) is 10.5 Å². The zero-order valence-corrected chi connectivity index (χ0v) is 8.25. The smallest absolute Gasteiger partial charge is 0.331 e. The summed E-state index contributed by atoms with van der Waals surface area (Å²) < 4.78 is 9.11. The van der Waals surface area contributed by atoms with E-state index in [4.69, 9.17) is 10.5 Å². The summed E-state index contributed by atoms with van der Waals surface area (Å²) in [6.07, 6.45) is 3.86. The minimum Gasteiger partial charge on any atom is -0.459 e. The first kappa shape index (κ1) is 13.4. The fraction of sp³-hybridized carbons (Fsp3) is 0.200. The molecule has 0 radical (unpaired) electrons. The molecule has 0 atom stereocenters. The maximum absolute atomic E-state index is 10.8. The summed E-state index contributed by atoms with van der Waals surface area (Å²) in [6, 6.07) is 3.25. The van der Waals surface area contributed by atoms with Crippen molar-refractivity contribution in [2.75, 3.05) is 13.2 Å². The average molecular weight is 220 g/mol. The minimum atomic E-state index is -0.690. The second-order valence-corrected chi connectivity index (χ2v) is 2.26. The number of carbonyl (C=O) groups is 2. The van der Waals surface area contributed by atoms with Gasteiger partial charge in [0.1, 0.15) is 13.2 Å². The van der Waals surface area contributed by atoms with Crippen molar-refractivity contribution in [3.8, 4) is 12.1 Å². The number of nitriles is 2. The summed E-state index contributed by atoms with van der Waals surface area (Å²) >= 11 is 0. The third kappa shape index (κ3) is 8.02. The van der Waals surface area contributed by atoms with Crippen LogP contribution in [0.5, 0.6) is 0 Å². The van der Waals surface area contributed by atoms with Crippen LogP contribution >= 0.6 is 0 Å². The molecular weight excluding hydrogens is 212 g/mol. The predicted molar refractivity (Wildman–Crippen MR) is 51.4 cm³/mol. The lowest BCUT2D eigenvalue weighted by atomic mass is 10.5. The van der Waals surface area contributed by atoms with Crippen LogP contribution in [0.4, 0.5) is 0 Å². The van der Waals surface area contributed by atoms with E-state index in [-0.39, 0.29) is 13.2 Å². The second-order valence-electron chi connectivity index (χ2n) is 2.26. The topological polar surface area (TPSA) is 100 Å². The van der Waals surface area contributed by atoms with E-state index < -0.39 is 11.9 Å². The number of hydrogen-bond acceptors (Lipinski definition) is 6. The summed E-state index contributed by atoms with van der Waals surface area (Å²) in [7, 11) is 0. The Labute approximate surface area is 92.0 Å². The Morgan fingerprint density at radius 2 is 1.31 bits per heavy atom. The molecule has 0 heterocycles. The number of esters is 2. The molecule has 16 heavy (non-hydrogen) atoms. The largest absolute Gasteiger partial charge is 0.459 e. The Hall–Kier alpha value is -2.60. The third-order valence-electron chi connectivity index (χ3n) is 1.16. The Balaban J connectivity index is 3.62. The molecular formula is C10H8N2O4. The van der Waals surface area contributed by atoms with Gasteiger partial charge in [0.05, 0.1) is 12.1 Å². The van der Waals surface area contributed by atoms with Gasteiger partial charge in [0.15, 0.2) is 0 Å². The molecule has 0 rings (SSSR count). The van der Waals surface area contributed by atoms with Crippen molar-refractivity contribution >= 4 is 11.9 Å². The highest BCUT2D eigenvalue weighted by atomic mass is 16.6. The van der Waals surface area contributed by atoms with Gasteiger partial charge in [-0.1, -0.05) is 0 Å².